The fraction of sp³-hybridized carbons (Fsp3) is 0.520. The van der Waals surface area contributed by atoms with Gasteiger partial charge in [0.15, 0.2) is 0 Å². The molecule has 11 nitrogen and oxygen atoms in total. The molecule has 1 N–H and O–H groups in total. The summed E-state index contributed by atoms with van der Waals surface area (Å²) in [6.07, 6.45) is 2.22. The Hall–Kier alpha value is -3.25. The lowest BCUT2D eigenvalue weighted by atomic mass is 10.0. The van der Waals surface area contributed by atoms with Gasteiger partial charge in [0.25, 0.3) is 0 Å². The number of para-hydroxylation sites is 1. The van der Waals surface area contributed by atoms with E-state index in [1.54, 1.807) is 42.8 Å². The maximum absolute atomic E-state index is 13.6. The van der Waals surface area contributed by atoms with Crippen molar-refractivity contribution in [3.05, 3.63) is 35.8 Å². The standard InChI is InChI=1S/C25H36N6O5S/c1-15(2)14-27-23(26-6)16(3)18(5)37(32,33)30-25-29-28-24(19-12-13-36-17(19)4)31(25)22-20(34-7)10-9-11-21(22)35-8/h9-11,14,16-19H,6,12-13H2,1-5,7-8H3,(H,29,30)/b27-23-/t16-,17+,18-,19+/m0/s1. The van der Waals surface area contributed by atoms with Gasteiger partial charge in [0.2, 0.25) is 16.0 Å². The second kappa shape index (κ2) is 11.9. The summed E-state index contributed by atoms with van der Waals surface area (Å²) in [5.41, 5.74) is 1.45. The Morgan fingerprint density at radius 1 is 1.24 bits per heavy atom. The van der Waals surface area contributed by atoms with Gasteiger partial charge < -0.3 is 14.2 Å². The number of ether oxygens (including phenoxy) is 3. The number of aliphatic imine (C=N–C) groups is 2. The Balaban J connectivity index is 2.11. The summed E-state index contributed by atoms with van der Waals surface area (Å²) < 4.78 is 48.4. The zero-order valence-electron chi connectivity index (χ0n) is 22.4. The fourth-order valence-electron chi connectivity index (χ4n) is 4.14. The number of methoxy groups -OCH3 is 2. The summed E-state index contributed by atoms with van der Waals surface area (Å²) in [6, 6.07) is 5.32. The summed E-state index contributed by atoms with van der Waals surface area (Å²) in [5.74, 6) is 1.18. The first-order valence-electron chi connectivity index (χ1n) is 12.0. The molecule has 1 aliphatic heterocycles. The number of rotatable bonds is 10. The van der Waals surface area contributed by atoms with Crippen LogP contribution in [0.4, 0.5) is 5.95 Å². The van der Waals surface area contributed by atoms with Crippen molar-refractivity contribution in [1.82, 2.24) is 14.8 Å². The molecule has 0 saturated carbocycles. The molecule has 2 heterocycles. The first kappa shape index (κ1) is 28.3. The average Bonchev–Trinajstić information content (AvgIpc) is 3.47. The molecule has 0 spiro atoms. The molecule has 1 saturated heterocycles. The molecule has 0 radical (unpaired) electrons. The highest BCUT2D eigenvalue weighted by molar-refractivity contribution is 7.93. The number of nitrogens with zero attached hydrogens (tertiary/aromatic N) is 5. The minimum Gasteiger partial charge on any atom is -0.494 e. The van der Waals surface area contributed by atoms with Gasteiger partial charge in [-0.15, -0.1) is 10.2 Å². The van der Waals surface area contributed by atoms with Crippen LogP contribution < -0.4 is 14.2 Å². The molecule has 0 amide bonds. The molecule has 4 atom stereocenters. The lowest BCUT2D eigenvalue weighted by Crippen LogP contribution is -2.35. The zero-order valence-corrected chi connectivity index (χ0v) is 23.2. The number of hydrogen-bond donors (Lipinski definition) is 1. The smallest absolute Gasteiger partial charge is 0.243 e. The van der Waals surface area contributed by atoms with Crippen molar-refractivity contribution in [2.24, 2.45) is 15.9 Å². The van der Waals surface area contributed by atoms with E-state index in [-0.39, 0.29) is 18.0 Å². The summed E-state index contributed by atoms with van der Waals surface area (Å²) in [7, 11) is -0.906. The topological polar surface area (TPSA) is 129 Å². The van der Waals surface area contributed by atoms with Crippen LogP contribution in [0, 0.1) is 5.92 Å². The molecule has 0 unspecified atom stereocenters. The van der Waals surface area contributed by atoms with Gasteiger partial charge >= 0.3 is 0 Å². The van der Waals surface area contributed by atoms with Gasteiger partial charge in [-0.1, -0.05) is 18.6 Å². The number of allylic oxidation sites excluding steroid dienone is 1. The van der Waals surface area contributed by atoms with Crippen LogP contribution in [-0.2, 0) is 14.8 Å². The largest absolute Gasteiger partial charge is 0.494 e. The molecule has 2 aromatic rings. The van der Waals surface area contributed by atoms with E-state index in [9.17, 15) is 8.42 Å². The number of nitrogens with one attached hydrogen (secondary N) is 1. The minimum absolute atomic E-state index is 0.0188. The first-order chi connectivity index (χ1) is 17.5. The van der Waals surface area contributed by atoms with Gasteiger partial charge in [-0.25, -0.2) is 18.4 Å². The molecule has 3 rings (SSSR count). The van der Waals surface area contributed by atoms with Crippen LogP contribution >= 0.6 is 0 Å². The first-order valence-corrected chi connectivity index (χ1v) is 13.6. The van der Waals surface area contributed by atoms with Crippen LogP contribution in [0.3, 0.4) is 0 Å². The predicted octanol–water partition coefficient (Wildman–Crippen LogP) is 3.97. The Morgan fingerprint density at radius 3 is 2.41 bits per heavy atom. The highest BCUT2D eigenvalue weighted by Gasteiger charge is 2.36. The Labute approximate surface area is 218 Å². The number of anilines is 1. The van der Waals surface area contributed by atoms with E-state index in [2.05, 4.69) is 31.6 Å². The van der Waals surface area contributed by atoms with Crippen molar-refractivity contribution in [3.63, 3.8) is 0 Å². The summed E-state index contributed by atoms with van der Waals surface area (Å²) in [5, 5.41) is 7.74. The van der Waals surface area contributed by atoms with Crippen molar-refractivity contribution in [2.45, 2.75) is 58.3 Å². The SMILES string of the molecule is C=N/C(=N\C=C(C)C)[C@@H](C)[C@H](C)S(=O)(=O)Nc1nnc([C@@H]2CCO[C@@H]2C)n1-c1c(OC)cccc1OC. The molecule has 0 bridgehead atoms. The molecular formula is C25H36N6O5S. The van der Waals surface area contributed by atoms with Gasteiger partial charge in [-0.2, -0.15) is 0 Å². The predicted molar refractivity (Wildman–Crippen MR) is 145 cm³/mol. The lowest BCUT2D eigenvalue weighted by Gasteiger charge is -2.23. The Morgan fingerprint density at radius 2 is 1.89 bits per heavy atom. The van der Waals surface area contributed by atoms with Gasteiger partial charge in [0, 0.05) is 24.6 Å². The third-order valence-corrected chi connectivity index (χ3v) is 8.33. The maximum Gasteiger partial charge on any atom is 0.243 e. The molecular weight excluding hydrogens is 496 g/mol. The number of amidine groups is 1. The van der Waals surface area contributed by atoms with Crippen LogP contribution in [0.15, 0.2) is 40.0 Å². The van der Waals surface area contributed by atoms with Crippen molar-refractivity contribution >= 4 is 28.5 Å². The van der Waals surface area contributed by atoms with Gasteiger partial charge in [-0.05, 0) is 53.0 Å². The van der Waals surface area contributed by atoms with Crippen molar-refractivity contribution in [2.75, 3.05) is 25.5 Å². The molecule has 1 aromatic carbocycles. The van der Waals surface area contributed by atoms with Crippen LogP contribution in [0.2, 0.25) is 0 Å². The monoisotopic (exact) mass is 532 g/mol. The third kappa shape index (κ3) is 6.02. The molecule has 202 valence electrons. The Kier molecular flexibility index (Phi) is 9.08. The average molecular weight is 533 g/mol. The number of sulfonamides is 1. The van der Waals surface area contributed by atoms with Crippen LogP contribution in [-0.4, -0.2) is 67.9 Å². The van der Waals surface area contributed by atoms with Crippen molar-refractivity contribution < 1.29 is 22.6 Å². The normalized spacial score (nSPS) is 19.7. The summed E-state index contributed by atoms with van der Waals surface area (Å²) in [4.78, 5) is 8.27. The van der Waals surface area contributed by atoms with Crippen LogP contribution in [0.5, 0.6) is 11.5 Å². The van der Waals surface area contributed by atoms with E-state index in [1.807, 2.05) is 20.8 Å². The summed E-state index contributed by atoms with van der Waals surface area (Å²) in [6.45, 7) is 13.2. The van der Waals surface area contributed by atoms with Crippen molar-refractivity contribution in [1.29, 1.82) is 0 Å². The van der Waals surface area contributed by atoms with Gasteiger partial charge in [0.05, 0.1) is 25.6 Å². The second-order valence-corrected chi connectivity index (χ2v) is 11.2. The molecule has 12 heteroatoms. The molecule has 1 aromatic heterocycles. The van der Waals surface area contributed by atoms with E-state index in [0.29, 0.717) is 41.9 Å². The number of hydrogen-bond acceptors (Lipinski definition) is 8. The Bertz CT molecular complexity index is 1260. The lowest BCUT2D eigenvalue weighted by molar-refractivity contribution is 0.117. The van der Waals surface area contributed by atoms with E-state index in [4.69, 9.17) is 14.2 Å². The number of aromatic nitrogens is 3. The van der Waals surface area contributed by atoms with Gasteiger partial charge in [-0.3, -0.25) is 9.29 Å². The zero-order chi connectivity index (χ0) is 27.3. The molecule has 0 aliphatic carbocycles. The fourth-order valence-corrected chi connectivity index (χ4v) is 5.37. The molecule has 37 heavy (non-hydrogen) atoms. The minimum atomic E-state index is -3.98. The molecule has 1 aliphatic rings. The molecule has 1 fully saturated rings. The summed E-state index contributed by atoms with van der Waals surface area (Å²) >= 11 is 0. The van der Waals surface area contributed by atoms with Crippen LogP contribution in [0.1, 0.15) is 52.8 Å². The van der Waals surface area contributed by atoms with Crippen molar-refractivity contribution in [3.8, 4) is 17.2 Å². The quantitative estimate of drug-likeness (QED) is 0.362. The maximum atomic E-state index is 13.6. The van der Waals surface area contributed by atoms with Crippen LogP contribution in [0.25, 0.3) is 5.69 Å². The van der Waals surface area contributed by atoms with E-state index in [1.165, 1.54) is 14.2 Å². The van der Waals surface area contributed by atoms with Gasteiger partial charge in [0.1, 0.15) is 28.8 Å². The third-order valence-electron chi connectivity index (χ3n) is 6.47. The highest BCUT2D eigenvalue weighted by atomic mass is 32.2. The van der Waals surface area contributed by atoms with E-state index < -0.39 is 21.2 Å². The highest BCUT2D eigenvalue weighted by Crippen LogP contribution is 2.39. The second-order valence-electron chi connectivity index (χ2n) is 9.19. The number of benzene rings is 1. The van der Waals surface area contributed by atoms with E-state index in [0.717, 1.165) is 5.57 Å². The van der Waals surface area contributed by atoms with E-state index >= 15 is 0 Å².